The molecule has 2 heterocycles. The average Bonchev–Trinajstić information content (AvgIpc) is 3.57. The molecule has 2 amide bonds. The second-order valence-corrected chi connectivity index (χ2v) is 8.56. The smallest absolute Gasteiger partial charge is 0.257 e. The number of ether oxygens (including phenoxy) is 2. The van der Waals surface area contributed by atoms with Crippen molar-refractivity contribution >= 4 is 17.6 Å². The molecular weight excluding hydrogens is 467 g/mol. The predicted octanol–water partition coefficient (Wildman–Crippen LogP) is 4.08. The minimum atomic E-state index is -0.703. The van der Waals surface area contributed by atoms with Crippen molar-refractivity contribution in [1.82, 2.24) is 14.7 Å². The van der Waals surface area contributed by atoms with Gasteiger partial charge in [0.2, 0.25) is 0 Å². The Bertz CT molecular complexity index is 1240. The number of hydrogen-bond donors (Lipinski definition) is 2. The van der Waals surface area contributed by atoms with Crippen LogP contribution < -0.4 is 14.8 Å². The second kappa shape index (κ2) is 11.2. The van der Waals surface area contributed by atoms with E-state index in [1.54, 1.807) is 28.8 Å². The fraction of sp³-hybridized carbons (Fsp3) is 0.346. The number of anilines is 1. The van der Waals surface area contributed by atoms with Crippen molar-refractivity contribution in [3.05, 3.63) is 65.6 Å². The van der Waals surface area contributed by atoms with E-state index in [4.69, 9.17) is 9.47 Å². The monoisotopic (exact) mass is 496 g/mol. The molecule has 4 rings (SSSR count). The van der Waals surface area contributed by atoms with Gasteiger partial charge in [-0.3, -0.25) is 14.3 Å². The minimum absolute atomic E-state index is 0.103. The molecular formula is C26H29FN4O5. The van der Waals surface area contributed by atoms with E-state index in [1.165, 1.54) is 30.3 Å². The zero-order chi connectivity index (χ0) is 25.7. The lowest BCUT2D eigenvalue weighted by Gasteiger charge is -2.17. The maximum absolute atomic E-state index is 14.9. The van der Waals surface area contributed by atoms with Gasteiger partial charge in [-0.1, -0.05) is 0 Å². The van der Waals surface area contributed by atoms with Gasteiger partial charge in [-0.25, -0.2) is 4.39 Å². The van der Waals surface area contributed by atoms with Crippen molar-refractivity contribution in [1.29, 1.82) is 0 Å². The Balaban J connectivity index is 1.57. The summed E-state index contributed by atoms with van der Waals surface area (Å²) in [6.45, 7) is 5.36. The summed E-state index contributed by atoms with van der Waals surface area (Å²) in [6.07, 6.45) is 3.09. The van der Waals surface area contributed by atoms with Crippen LogP contribution in [0.15, 0.2) is 48.7 Å². The summed E-state index contributed by atoms with van der Waals surface area (Å²) in [7, 11) is 0. The van der Waals surface area contributed by atoms with E-state index in [-0.39, 0.29) is 40.9 Å². The highest BCUT2D eigenvalue weighted by molar-refractivity contribution is 6.04. The number of carbonyl (C=O) groups is 2. The second-order valence-electron chi connectivity index (χ2n) is 8.56. The standard InChI is InChI=1S/C26H29FN4O5/c1-3-31-11-8-24(29-31)28-25(33)19-12-20(35-17(2)16-32)15-21(13-19)36-23-7-6-18(14-22(23)27)26(34)30-9-4-5-10-30/h6-8,11-15,17,32H,3-5,9-10,16H2,1-2H3,(H,28,29,33)/t17-/m0/s1. The van der Waals surface area contributed by atoms with Gasteiger partial charge in [0.05, 0.1) is 6.61 Å². The Morgan fingerprint density at radius 2 is 1.86 bits per heavy atom. The fourth-order valence-electron chi connectivity index (χ4n) is 3.84. The lowest BCUT2D eigenvalue weighted by atomic mass is 10.1. The molecule has 1 aliphatic rings. The highest BCUT2D eigenvalue weighted by Gasteiger charge is 2.21. The number of aryl methyl sites for hydroxylation is 1. The molecule has 190 valence electrons. The van der Waals surface area contributed by atoms with Crippen LogP contribution in [-0.4, -0.2) is 57.4 Å². The maximum Gasteiger partial charge on any atom is 0.257 e. The van der Waals surface area contributed by atoms with Crippen LogP contribution >= 0.6 is 0 Å². The number of hydrogen-bond acceptors (Lipinski definition) is 6. The molecule has 0 bridgehead atoms. The Kier molecular flexibility index (Phi) is 7.84. The van der Waals surface area contributed by atoms with E-state index in [9.17, 15) is 19.1 Å². The SMILES string of the molecule is CCn1ccc(NC(=O)c2cc(Oc3ccc(C(=O)N4CCCC4)cc3F)cc(O[C@@H](C)CO)c2)n1. The first-order chi connectivity index (χ1) is 17.4. The van der Waals surface area contributed by atoms with Crippen LogP contribution in [0, 0.1) is 5.82 Å². The van der Waals surface area contributed by atoms with Crippen LogP contribution in [0.3, 0.4) is 0 Å². The third-order valence-corrected chi connectivity index (χ3v) is 5.74. The summed E-state index contributed by atoms with van der Waals surface area (Å²) in [5, 5.41) is 16.3. The van der Waals surface area contributed by atoms with Crippen molar-refractivity contribution in [2.75, 3.05) is 25.0 Å². The van der Waals surface area contributed by atoms with E-state index in [1.807, 2.05) is 6.92 Å². The lowest BCUT2D eigenvalue weighted by molar-refractivity contribution is 0.0792. The molecule has 1 aliphatic heterocycles. The number of carbonyl (C=O) groups excluding carboxylic acids is 2. The Morgan fingerprint density at radius 1 is 1.11 bits per heavy atom. The van der Waals surface area contributed by atoms with E-state index < -0.39 is 17.8 Å². The summed E-state index contributed by atoms with van der Waals surface area (Å²) in [5.41, 5.74) is 0.446. The molecule has 0 radical (unpaired) electrons. The van der Waals surface area contributed by atoms with Gasteiger partial charge in [0.15, 0.2) is 17.4 Å². The van der Waals surface area contributed by atoms with E-state index >= 15 is 0 Å². The largest absolute Gasteiger partial charge is 0.488 e. The van der Waals surface area contributed by atoms with Crippen LogP contribution in [0.5, 0.6) is 17.2 Å². The van der Waals surface area contributed by atoms with Crippen molar-refractivity contribution in [3.8, 4) is 17.2 Å². The van der Waals surface area contributed by atoms with Crippen LogP contribution in [0.25, 0.3) is 0 Å². The maximum atomic E-state index is 14.9. The van der Waals surface area contributed by atoms with Gasteiger partial charge in [0.25, 0.3) is 11.8 Å². The topological polar surface area (TPSA) is 106 Å². The van der Waals surface area contributed by atoms with Crippen molar-refractivity contribution in [2.45, 2.75) is 39.3 Å². The van der Waals surface area contributed by atoms with Crippen molar-refractivity contribution in [3.63, 3.8) is 0 Å². The molecule has 3 aromatic rings. The third-order valence-electron chi connectivity index (χ3n) is 5.74. The third kappa shape index (κ3) is 6.01. The number of rotatable bonds is 9. The van der Waals surface area contributed by atoms with Gasteiger partial charge in [-0.15, -0.1) is 0 Å². The molecule has 1 atom stereocenters. The fourth-order valence-corrected chi connectivity index (χ4v) is 3.84. The van der Waals surface area contributed by atoms with E-state index in [0.717, 1.165) is 18.9 Å². The summed E-state index contributed by atoms with van der Waals surface area (Å²) in [5.74, 6) is -0.687. The zero-order valence-corrected chi connectivity index (χ0v) is 20.2. The number of aromatic nitrogens is 2. The van der Waals surface area contributed by atoms with Gasteiger partial charge in [0.1, 0.15) is 17.6 Å². The molecule has 0 spiro atoms. The Labute approximate surface area is 208 Å². The molecule has 9 nitrogen and oxygen atoms in total. The summed E-state index contributed by atoms with van der Waals surface area (Å²) < 4.78 is 28.0. The number of nitrogens with one attached hydrogen (secondary N) is 1. The van der Waals surface area contributed by atoms with Crippen LogP contribution in [0.2, 0.25) is 0 Å². The number of aliphatic hydroxyl groups excluding tert-OH is 1. The first-order valence-electron chi connectivity index (χ1n) is 11.9. The summed E-state index contributed by atoms with van der Waals surface area (Å²) in [6, 6.07) is 10.2. The zero-order valence-electron chi connectivity index (χ0n) is 20.2. The van der Waals surface area contributed by atoms with Crippen molar-refractivity contribution < 1.29 is 28.6 Å². The number of amides is 2. The van der Waals surface area contributed by atoms with Crippen molar-refractivity contribution in [2.24, 2.45) is 0 Å². The Morgan fingerprint density at radius 3 is 2.53 bits per heavy atom. The number of nitrogens with zero attached hydrogens (tertiary/aromatic N) is 3. The first kappa shape index (κ1) is 25.2. The normalized spacial score (nSPS) is 13.9. The quantitative estimate of drug-likeness (QED) is 0.462. The van der Waals surface area contributed by atoms with Crippen LogP contribution in [0.4, 0.5) is 10.2 Å². The summed E-state index contributed by atoms with van der Waals surface area (Å²) in [4.78, 5) is 27.2. The van der Waals surface area contributed by atoms with Gasteiger partial charge in [-0.05, 0) is 57.0 Å². The van der Waals surface area contributed by atoms with Gasteiger partial charge < -0.3 is 24.8 Å². The molecule has 2 N–H and O–H groups in total. The van der Waals surface area contributed by atoms with E-state index in [2.05, 4.69) is 10.4 Å². The Hall–Kier alpha value is -3.92. The molecule has 36 heavy (non-hydrogen) atoms. The number of likely N-dealkylation sites (tertiary alicyclic amines) is 1. The molecule has 1 saturated heterocycles. The minimum Gasteiger partial charge on any atom is -0.488 e. The van der Waals surface area contributed by atoms with Gasteiger partial charge >= 0.3 is 0 Å². The van der Waals surface area contributed by atoms with Crippen LogP contribution in [-0.2, 0) is 6.54 Å². The number of aliphatic hydroxyl groups is 1. The molecule has 0 aliphatic carbocycles. The molecule has 2 aromatic carbocycles. The molecule has 1 aromatic heterocycles. The highest BCUT2D eigenvalue weighted by Crippen LogP contribution is 2.31. The number of benzene rings is 2. The van der Waals surface area contributed by atoms with E-state index in [0.29, 0.717) is 25.5 Å². The molecule has 10 heteroatoms. The average molecular weight is 497 g/mol. The predicted molar refractivity (Wildman–Crippen MR) is 131 cm³/mol. The highest BCUT2D eigenvalue weighted by atomic mass is 19.1. The lowest BCUT2D eigenvalue weighted by Crippen LogP contribution is -2.27. The molecule has 0 unspecified atom stereocenters. The molecule has 1 fully saturated rings. The molecule has 0 saturated carbocycles. The first-order valence-corrected chi connectivity index (χ1v) is 11.9. The summed E-state index contributed by atoms with van der Waals surface area (Å²) >= 11 is 0. The van der Waals surface area contributed by atoms with Crippen LogP contribution in [0.1, 0.15) is 47.4 Å². The van der Waals surface area contributed by atoms with Gasteiger partial charge in [0, 0.05) is 49.1 Å². The number of halogens is 1. The van der Waals surface area contributed by atoms with Gasteiger partial charge in [-0.2, -0.15) is 5.10 Å².